The molecule has 1 aromatic carbocycles. The van der Waals surface area contributed by atoms with Crippen molar-refractivity contribution in [3.8, 4) is 11.1 Å². The minimum absolute atomic E-state index is 0.323. The first-order chi connectivity index (χ1) is 18.7. The number of nitrogens with zero attached hydrogens (tertiary/aromatic N) is 6. The molecule has 38 heavy (non-hydrogen) atoms. The van der Waals surface area contributed by atoms with E-state index in [4.69, 9.17) is 9.40 Å². The summed E-state index contributed by atoms with van der Waals surface area (Å²) in [6.45, 7) is 7.71. The molecule has 0 N–H and O–H groups in total. The Morgan fingerprint density at radius 3 is 2.45 bits per heavy atom. The Bertz CT molecular complexity index is 1300. The van der Waals surface area contributed by atoms with Crippen molar-refractivity contribution >= 4 is 17.2 Å². The lowest BCUT2D eigenvalue weighted by Gasteiger charge is -2.36. The summed E-state index contributed by atoms with van der Waals surface area (Å²) in [7, 11) is 0. The molecule has 0 unspecified atom stereocenters. The predicted molar refractivity (Wildman–Crippen MR) is 149 cm³/mol. The van der Waals surface area contributed by atoms with Gasteiger partial charge in [-0.25, -0.2) is 4.98 Å². The third-order valence-electron chi connectivity index (χ3n) is 7.62. The van der Waals surface area contributed by atoms with Crippen LogP contribution in [-0.2, 0) is 17.6 Å². The van der Waals surface area contributed by atoms with Gasteiger partial charge in [0.1, 0.15) is 17.9 Å². The molecule has 200 valence electrons. The minimum atomic E-state index is 0.323. The number of rotatable bonds is 11. The number of fused-ring (bicyclic) bond motifs is 1. The van der Waals surface area contributed by atoms with Crippen molar-refractivity contribution in [3.63, 3.8) is 0 Å². The zero-order valence-electron chi connectivity index (χ0n) is 22.6. The van der Waals surface area contributed by atoms with E-state index >= 15 is 0 Å². The number of hydrogen-bond acceptors (Lipinski definition) is 6. The van der Waals surface area contributed by atoms with E-state index in [1.807, 2.05) is 22.7 Å². The van der Waals surface area contributed by atoms with Crippen LogP contribution in [0.4, 0.5) is 5.69 Å². The first-order valence-corrected chi connectivity index (χ1v) is 14.0. The van der Waals surface area contributed by atoms with E-state index < -0.39 is 0 Å². The molecular weight excluding hydrogens is 476 g/mol. The topological polar surface area (TPSA) is 79.8 Å². The summed E-state index contributed by atoms with van der Waals surface area (Å²) in [6.07, 6.45) is 12.1. The van der Waals surface area contributed by atoms with Gasteiger partial charge in [-0.3, -0.25) is 9.20 Å². The monoisotopic (exact) mass is 514 g/mol. The van der Waals surface area contributed by atoms with Gasteiger partial charge in [-0.05, 0) is 35.7 Å². The molecule has 1 amide bonds. The molecule has 1 aliphatic heterocycles. The SMILES string of the molecule is CCCC(CCC)CC(=O)N1CCN(c2ccc(-c3cnc(CCc4ccco4)n4cnnc34)cc2)CC1. The molecule has 1 saturated heterocycles. The lowest BCUT2D eigenvalue weighted by molar-refractivity contribution is -0.132. The van der Waals surface area contributed by atoms with Crippen molar-refractivity contribution in [1.82, 2.24) is 24.5 Å². The summed E-state index contributed by atoms with van der Waals surface area (Å²) in [5.74, 6) is 2.70. The van der Waals surface area contributed by atoms with Crippen LogP contribution in [0, 0.1) is 5.92 Å². The van der Waals surface area contributed by atoms with E-state index in [1.54, 1.807) is 12.6 Å². The Balaban J connectivity index is 1.21. The van der Waals surface area contributed by atoms with Crippen molar-refractivity contribution in [2.24, 2.45) is 5.92 Å². The van der Waals surface area contributed by atoms with Crippen molar-refractivity contribution in [1.29, 1.82) is 0 Å². The number of piperazine rings is 1. The molecule has 8 nitrogen and oxygen atoms in total. The average molecular weight is 515 g/mol. The van der Waals surface area contributed by atoms with Gasteiger partial charge in [0.15, 0.2) is 5.65 Å². The Labute approximate surface area is 224 Å². The summed E-state index contributed by atoms with van der Waals surface area (Å²) in [5, 5.41) is 8.54. The fourth-order valence-corrected chi connectivity index (χ4v) is 5.55. The highest BCUT2D eigenvalue weighted by atomic mass is 16.3. The van der Waals surface area contributed by atoms with E-state index in [-0.39, 0.29) is 0 Å². The van der Waals surface area contributed by atoms with Crippen LogP contribution in [0.15, 0.2) is 59.6 Å². The Hall–Kier alpha value is -3.68. The molecular formula is C30H38N6O2. The standard InChI is InChI=1S/C30H38N6O2/c1-3-6-23(7-4-2)20-29(37)35-17-15-34(16-18-35)25-11-9-24(10-12-25)27-21-31-28(36-22-32-33-30(27)36)14-13-26-8-5-19-38-26/h5,8-12,19,21-23H,3-4,6-7,13-18,20H2,1-2H3. The molecule has 0 saturated carbocycles. The van der Waals surface area contributed by atoms with Crippen LogP contribution in [0.5, 0.6) is 0 Å². The van der Waals surface area contributed by atoms with Gasteiger partial charge in [-0.1, -0.05) is 51.7 Å². The van der Waals surface area contributed by atoms with Crippen molar-refractivity contribution in [2.75, 3.05) is 31.1 Å². The molecule has 1 fully saturated rings. The zero-order chi connectivity index (χ0) is 26.3. The highest BCUT2D eigenvalue weighted by Crippen LogP contribution is 2.27. The molecule has 0 atom stereocenters. The molecule has 4 heterocycles. The lowest BCUT2D eigenvalue weighted by atomic mass is 9.94. The molecule has 8 heteroatoms. The normalized spacial score (nSPS) is 14.1. The number of hydrogen-bond donors (Lipinski definition) is 0. The summed E-state index contributed by atoms with van der Waals surface area (Å²) in [5.41, 5.74) is 4.00. The fourth-order valence-electron chi connectivity index (χ4n) is 5.55. The second kappa shape index (κ2) is 12.2. The Kier molecular flexibility index (Phi) is 8.36. The second-order valence-electron chi connectivity index (χ2n) is 10.3. The quantitative estimate of drug-likeness (QED) is 0.266. The highest BCUT2D eigenvalue weighted by molar-refractivity contribution is 5.78. The number of aromatic nitrogens is 4. The average Bonchev–Trinajstić information content (AvgIpc) is 3.65. The van der Waals surface area contributed by atoms with Crippen molar-refractivity contribution < 1.29 is 9.21 Å². The third kappa shape index (κ3) is 5.90. The van der Waals surface area contributed by atoms with Crippen LogP contribution in [0.1, 0.15) is 57.5 Å². The molecule has 5 rings (SSSR count). The molecule has 0 radical (unpaired) electrons. The van der Waals surface area contributed by atoms with Gasteiger partial charge in [0.25, 0.3) is 0 Å². The number of benzene rings is 1. The Morgan fingerprint density at radius 2 is 1.76 bits per heavy atom. The number of carbonyl (C=O) groups is 1. The molecule has 0 spiro atoms. The van der Waals surface area contributed by atoms with Gasteiger partial charge in [-0.15, -0.1) is 10.2 Å². The summed E-state index contributed by atoms with van der Waals surface area (Å²) >= 11 is 0. The van der Waals surface area contributed by atoms with Gasteiger partial charge in [0.2, 0.25) is 5.91 Å². The van der Waals surface area contributed by atoms with Crippen LogP contribution in [0.2, 0.25) is 0 Å². The fraction of sp³-hybridized carbons (Fsp3) is 0.467. The van der Waals surface area contributed by atoms with E-state index in [9.17, 15) is 4.79 Å². The lowest BCUT2D eigenvalue weighted by Crippen LogP contribution is -2.49. The van der Waals surface area contributed by atoms with Crippen LogP contribution in [0.3, 0.4) is 0 Å². The van der Waals surface area contributed by atoms with Crippen molar-refractivity contribution in [2.45, 2.75) is 58.8 Å². The van der Waals surface area contributed by atoms with Crippen LogP contribution < -0.4 is 4.90 Å². The summed E-state index contributed by atoms with van der Waals surface area (Å²) in [4.78, 5) is 22.1. The Morgan fingerprint density at radius 1 is 1.00 bits per heavy atom. The highest BCUT2D eigenvalue weighted by Gasteiger charge is 2.23. The maximum Gasteiger partial charge on any atom is 0.222 e. The van der Waals surface area contributed by atoms with E-state index in [2.05, 4.69) is 58.1 Å². The zero-order valence-corrected chi connectivity index (χ0v) is 22.6. The van der Waals surface area contributed by atoms with E-state index in [1.165, 1.54) is 5.69 Å². The summed E-state index contributed by atoms with van der Waals surface area (Å²) in [6, 6.07) is 12.4. The number of aryl methyl sites for hydroxylation is 2. The van der Waals surface area contributed by atoms with Crippen LogP contribution in [0.25, 0.3) is 16.8 Å². The molecule has 0 aliphatic carbocycles. The third-order valence-corrected chi connectivity index (χ3v) is 7.62. The van der Waals surface area contributed by atoms with Crippen molar-refractivity contribution in [3.05, 3.63) is 66.8 Å². The van der Waals surface area contributed by atoms with Gasteiger partial charge in [-0.2, -0.15) is 0 Å². The van der Waals surface area contributed by atoms with Gasteiger partial charge in [0, 0.05) is 62.9 Å². The molecule has 3 aromatic heterocycles. The predicted octanol–water partition coefficient (Wildman–Crippen LogP) is 5.42. The van der Waals surface area contributed by atoms with Crippen LogP contribution >= 0.6 is 0 Å². The summed E-state index contributed by atoms with van der Waals surface area (Å²) < 4.78 is 7.43. The number of anilines is 1. The maximum absolute atomic E-state index is 12.9. The first-order valence-electron chi connectivity index (χ1n) is 14.0. The van der Waals surface area contributed by atoms with E-state index in [0.29, 0.717) is 18.2 Å². The molecule has 4 aromatic rings. The van der Waals surface area contributed by atoms with Gasteiger partial charge >= 0.3 is 0 Å². The molecule has 1 aliphatic rings. The van der Waals surface area contributed by atoms with Gasteiger partial charge in [0.05, 0.1) is 6.26 Å². The number of carbonyl (C=O) groups excluding carboxylic acids is 1. The number of furan rings is 1. The van der Waals surface area contributed by atoms with Crippen LogP contribution in [-0.4, -0.2) is 56.6 Å². The largest absolute Gasteiger partial charge is 0.469 e. The molecule has 0 bridgehead atoms. The van der Waals surface area contributed by atoms with E-state index in [0.717, 1.165) is 93.1 Å². The minimum Gasteiger partial charge on any atom is -0.469 e. The van der Waals surface area contributed by atoms with Gasteiger partial charge < -0.3 is 14.2 Å². The smallest absolute Gasteiger partial charge is 0.222 e. The second-order valence-corrected chi connectivity index (χ2v) is 10.3. The maximum atomic E-state index is 12.9. The first kappa shape index (κ1) is 25.9. The number of amides is 1.